The van der Waals surface area contributed by atoms with Crippen molar-refractivity contribution < 1.29 is 40.2 Å². The lowest BCUT2D eigenvalue weighted by atomic mass is 9.31. The second-order valence-electron chi connectivity index (χ2n) is 9.00. The Balaban J connectivity index is 1.31. The molecule has 0 N–H and O–H groups in total. The third kappa shape index (κ3) is 3.02. The summed E-state index contributed by atoms with van der Waals surface area (Å²) in [5, 5.41) is 0. The van der Waals surface area contributed by atoms with Crippen molar-refractivity contribution in [2.45, 2.75) is 48.8 Å². The lowest BCUT2D eigenvalue weighted by Gasteiger charge is -2.73. The van der Waals surface area contributed by atoms with Crippen molar-refractivity contribution in [3.63, 3.8) is 0 Å². The minimum atomic E-state index is -4.35. The molecule has 32 heavy (non-hydrogen) atoms. The fourth-order valence-electron chi connectivity index (χ4n) is 5.34. The number of epoxide rings is 1. The lowest BCUT2D eigenvalue weighted by Crippen LogP contribution is -2.74. The molecule has 2 aromatic rings. The smallest absolute Gasteiger partial charge is 0.392 e. The van der Waals surface area contributed by atoms with Crippen LogP contribution in [0.3, 0.4) is 0 Å². The second-order valence-corrected chi connectivity index (χ2v) is 9.00. The Hall–Kier alpha value is -2.36. The zero-order chi connectivity index (χ0) is 23.0. The number of ether oxygens (including phenoxy) is 2. The van der Waals surface area contributed by atoms with Crippen LogP contribution in [0.25, 0.3) is 0 Å². The second kappa shape index (κ2) is 6.59. The maximum absolute atomic E-state index is 15.6. The quantitative estimate of drug-likeness (QED) is 0.394. The SMILES string of the molecule is Fc1ccc(C2(C(F)(F)C34CC(c5ccnc(OCCC(F)(F)F)c5)(C3)C4)CO2)c(F)c1. The summed E-state index contributed by atoms with van der Waals surface area (Å²) in [6.07, 6.45) is -3.74. The Bertz CT molecular complexity index is 1040. The molecule has 4 fully saturated rings. The van der Waals surface area contributed by atoms with Crippen LogP contribution in [0.1, 0.15) is 36.8 Å². The Morgan fingerprint density at radius 2 is 1.69 bits per heavy atom. The molecule has 1 unspecified atom stereocenters. The Kier molecular flexibility index (Phi) is 4.42. The van der Waals surface area contributed by atoms with Crippen LogP contribution in [0, 0.1) is 17.0 Å². The summed E-state index contributed by atoms with van der Waals surface area (Å²) in [4.78, 5) is 3.89. The summed E-state index contributed by atoms with van der Waals surface area (Å²) in [5.74, 6) is -5.30. The summed E-state index contributed by atoms with van der Waals surface area (Å²) in [6.45, 7) is -0.943. The fraction of sp³-hybridized carbons (Fsp3) is 0.500. The van der Waals surface area contributed by atoms with Gasteiger partial charge in [-0.2, -0.15) is 13.2 Å². The van der Waals surface area contributed by atoms with Gasteiger partial charge < -0.3 is 9.47 Å². The van der Waals surface area contributed by atoms with E-state index in [1.54, 1.807) is 6.07 Å². The van der Waals surface area contributed by atoms with Crippen molar-refractivity contribution in [1.29, 1.82) is 0 Å². The molecular weight excluding hydrogens is 443 g/mol. The summed E-state index contributed by atoms with van der Waals surface area (Å²) < 4.78 is 106. The fourth-order valence-corrected chi connectivity index (χ4v) is 5.34. The standard InChI is InChI=1S/C22H18F7NO2/c23-14-1-2-15(16(24)8-14)20(12-32-20)22(28,29)19-9-18(10-19,11-19)13-3-5-30-17(7-13)31-6-4-21(25,26)27/h1-3,5,7-8H,4,6,9-12H2. The van der Waals surface area contributed by atoms with Crippen molar-refractivity contribution in [2.75, 3.05) is 13.2 Å². The van der Waals surface area contributed by atoms with Crippen LogP contribution >= 0.6 is 0 Å². The van der Waals surface area contributed by atoms with Crippen molar-refractivity contribution in [3.05, 3.63) is 59.3 Å². The molecule has 1 aromatic heterocycles. The number of rotatable bonds is 7. The highest BCUT2D eigenvalue weighted by Gasteiger charge is 2.85. The minimum absolute atomic E-state index is 0.00710. The van der Waals surface area contributed by atoms with E-state index in [-0.39, 0.29) is 37.3 Å². The van der Waals surface area contributed by atoms with Crippen LogP contribution < -0.4 is 4.74 Å². The highest BCUT2D eigenvalue weighted by molar-refractivity contribution is 5.45. The predicted octanol–water partition coefficient (Wildman–Crippen LogP) is 5.67. The maximum Gasteiger partial charge on any atom is 0.392 e. The normalized spacial score (nSPS) is 31.0. The molecule has 4 aliphatic rings. The first-order chi connectivity index (χ1) is 14.9. The summed E-state index contributed by atoms with van der Waals surface area (Å²) in [5.41, 5.74) is -3.73. The zero-order valence-corrected chi connectivity index (χ0v) is 16.6. The van der Waals surface area contributed by atoms with Gasteiger partial charge in [0.05, 0.1) is 19.6 Å². The summed E-state index contributed by atoms with van der Waals surface area (Å²) in [7, 11) is 0. The van der Waals surface area contributed by atoms with Gasteiger partial charge in [-0.05, 0) is 48.4 Å². The highest BCUT2D eigenvalue weighted by atomic mass is 19.4. The molecule has 2 bridgehead atoms. The molecule has 10 heteroatoms. The summed E-state index contributed by atoms with van der Waals surface area (Å²) >= 11 is 0. The van der Waals surface area contributed by atoms with Crippen LogP contribution in [-0.2, 0) is 15.8 Å². The number of aromatic nitrogens is 1. The molecule has 2 heterocycles. The molecule has 1 aliphatic heterocycles. The van der Waals surface area contributed by atoms with Crippen LogP contribution in [0.15, 0.2) is 36.5 Å². The van der Waals surface area contributed by atoms with Gasteiger partial charge in [-0.25, -0.2) is 22.5 Å². The van der Waals surface area contributed by atoms with Crippen molar-refractivity contribution in [3.8, 4) is 5.88 Å². The topological polar surface area (TPSA) is 34.6 Å². The van der Waals surface area contributed by atoms with E-state index in [1.807, 2.05) is 0 Å². The molecule has 3 aliphatic carbocycles. The van der Waals surface area contributed by atoms with Crippen LogP contribution in [0.5, 0.6) is 5.88 Å². The molecule has 172 valence electrons. The van der Waals surface area contributed by atoms with E-state index in [9.17, 15) is 22.0 Å². The predicted molar refractivity (Wildman–Crippen MR) is 97.3 cm³/mol. The summed E-state index contributed by atoms with van der Waals surface area (Å²) in [6, 6.07) is 5.62. The van der Waals surface area contributed by atoms with Gasteiger partial charge in [0, 0.05) is 29.3 Å². The Labute approximate surface area is 178 Å². The molecular formula is C22H18F7NO2. The first-order valence-electron chi connectivity index (χ1n) is 10.1. The van der Waals surface area contributed by atoms with E-state index in [0.29, 0.717) is 11.6 Å². The molecule has 0 spiro atoms. The molecule has 3 nitrogen and oxygen atoms in total. The van der Waals surface area contributed by atoms with Crippen LogP contribution in [-0.4, -0.2) is 30.3 Å². The number of alkyl halides is 5. The molecule has 1 atom stereocenters. The van der Waals surface area contributed by atoms with Gasteiger partial charge in [0.15, 0.2) is 5.60 Å². The highest BCUT2D eigenvalue weighted by Crippen LogP contribution is 2.81. The van der Waals surface area contributed by atoms with Gasteiger partial charge in [-0.3, -0.25) is 0 Å². The average molecular weight is 461 g/mol. The van der Waals surface area contributed by atoms with Crippen molar-refractivity contribution >= 4 is 0 Å². The van der Waals surface area contributed by atoms with Gasteiger partial charge in [-0.1, -0.05) is 0 Å². The van der Waals surface area contributed by atoms with E-state index < -0.39 is 53.2 Å². The van der Waals surface area contributed by atoms with Gasteiger partial charge in [-0.15, -0.1) is 0 Å². The van der Waals surface area contributed by atoms with E-state index in [0.717, 1.165) is 12.1 Å². The van der Waals surface area contributed by atoms with Gasteiger partial charge in [0.2, 0.25) is 5.88 Å². The first-order valence-corrected chi connectivity index (χ1v) is 10.1. The minimum Gasteiger partial charge on any atom is -0.477 e. The van der Waals surface area contributed by atoms with E-state index in [2.05, 4.69) is 4.98 Å². The number of hydrogen-bond acceptors (Lipinski definition) is 3. The van der Waals surface area contributed by atoms with Crippen molar-refractivity contribution in [1.82, 2.24) is 4.98 Å². The largest absolute Gasteiger partial charge is 0.477 e. The van der Waals surface area contributed by atoms with Crippen LogP contribution in [0.2, 0.25) is 0 Å². The van der Waals surface area contributed by atoms with E-state index in [4.69, 9.17) is 9.47 Å². The number of nitrogens with zero attached hydrogens (tertiary/aromatic N) is 1. The number of hydrogen-bond donors (Lipinski definition) is 0. The monoisotopic (exact) mass is 461 g/mol. The number of pyridine rings is 1. The third-order valence-corrected chi connectivity index (χ3v) is 6.99. The van der Waals surface area contributed by atoms with Gasteiger partial charge in [0.1, 0.15) is 11.6 Å². The number of halogens is 7. The first kappa shape index (κ1) is 21.5. The van der Waals surface area contributed by atoms with Crippen LogP contribution in [0.4, 0.5) is 30.7 Å². The maximum atomic E-state index is 15.6. The number of benzene rings is 1. The molecule has 6 rings (SSSR count). The molecule has 0 radical (unpaired) electrons. The molecule has 0 amide bonds. The van der Waals surface area contributed by atoms with Gasteiger partial charge in [0.25, 0.3) is 5.92 Å². The van der Waals surface area contributed by atoms with Gasteiger partial charge >= 0.3 is 6.18 Å². The Morgan fingerprint density at radius 1 is 1.00 bits per heavy atom. The van der Waals surface area contributed by atoms with E-state index >= 15 is 8.78 Å². The average Bonchev–Trinajstić information content (AvgIpc) is 3.41. The van der Waals surface area contributed by atoms with E-state index in [1.165, 1.54) is 12.3 Å². The zero-order valence-electron chi connectivity index (χ0n) is 16.6. The Morgan fingerprint density at radius 3 is 2.28 bits per heavy atom. The molecule has 3 saturated carbocycles. The third-order valence-electron chi connectivity index (χ3n) is 6.99. The lowest BCUT2D eigenvalue weighted by molar-refractivity contribution is -0.306. The van der Waals surface area contributed by atoms with Crippen molar-refractivity contribution in [2.24, 2.45) is 5.41 Å². The molecule has 1 aromatic carbocycles. The molecule has 1 saturated heterocycles.